The molecule has 0 spiro atoms. The zero-order valence-corrected chi connectivity index (χ0v) is 20.1. The molecule has 1 aromatic heterocycles. The third kappa shape index (κ3) is 5.10. The fourth-order valence-corrected chi connectivity index (χ4v) is 6.71. The monoisotopic (exact) mass is 486 g/mol. The molecule has 3 aromatic rings. The van der Waals surface area contributed by atoms with Gasteiger partial charge >= 0.3 is 0 Å². The summed E-state index contributed by atoms with van der Waals surface area (Å²) in [5.41, 5.74) is 1.46. The number of methoxy groups -OCH3 is 1. The van der Waals surface area contributed by atoms with E-state index >= 15 is 0 Å². The minimum absolute atomic E-state index is 0.0263. The lowest BCUT2D eigenvalue weighted by molar-refractivity contribution is 0.0272. The smallest absolute Gasteiger partial charge is 0.263 e. The van der Waals surface area contributed by atoms with Crippen LogP contribution in [0, 0.1) is 6.92 Å². The first-order valence-corrected chi connectivity index (χ1v) is 13.0. The normalized spacial score (nSPS) is 18.2. The fourth-order valence-electron chi connectivity index (χ4n) is 3.93. The maximum atomic E-state index is 13.1. The zero-order chi connectivity index (χ0) is 23.4. The number of carbonyl (C=O) groups excluding carboxylic acids is 1. The molecule has 1 heterocycles. The van der Waals surface area contributed by atoms with Crippen LogP contribution >= 0.6 is 11.3 Å². The van der Waals surface area contributed by atoms with Gasteiger partial charge in [0.05, 0.1) is 31.6 Å². The third-order valence-corrected chi connectivity index (χ3v) is 8.97. The molecule has 2 atom stereocenters. The van der Waals surface area contributed by atoms with Gasteiger partial charge in [0.15, 0.2) is 0 Å². The van der Waals surface area contributed by atoms with Gasteiger partial charge in [0.1, 0.15) is 15.5 Å². The number of aromatic nitrogens is 1. The lowest BCUT2D eigenvalue weighted by Crippen LogP contribution is -2.41. The molecule has 0 aliphatic heterocycles. The second kappa shape index (κ2) is 10.0. The number of ether oxygens (including phenoxy) is 2. The fraction of sp³-hybridized carbons (Fsp3) is 0.333. The van der Waals surface area contributed by atoms with Crippen molar-refractivity contribution in [3.8, 4) is 5.75 Å². The molecule has 2 aromatic carbocycles. The number of hydrogen-bond acceptors (Lipinski definition) is 7. The maximum absolute atomic E-state index is 13.1. The van der Waals surface area contributed by atoms with E-state index in [0.717, 1.165) is 36.2 Å². The third-order valence-electron chi connectivity index (χ3n) is 5.65. The summed E-state index contributed by atoms with van der Waals surface area (Å²) in [5, 5.41) is 3.04. The molecule has 0 unspecified atom stereocenters. The Morgan fingerprint density at radius 2 is 1.85 bits per heavy atom. The van der Waals surface area contributed by atoms with E-state index in [2.05, 4.69) is 10.3 Å². The standard InChI is InChI=1S/C24H26N2O5S2/c1-16-22(32-24(25-16)33(28,29)21-14-7-6-12-20(21)30-2)23(27)26-18-11-8-13-19(18)31-15-17-9-4-3-5-10-17/h3-7,9-10,12,14,18-19H,8,11,13,15H2,1-2H3,(H,26,27)/t18-,19-/m0/s1. The van der Waals surface area contributed by atoms with E-state index in [0.29, 0.717) is 12.3 Å². The first-order valence-electron chi connectivity index (χ1n) is 10.7. The molecular weight excluding hydrogens is 460 g/mol. The summed E-state index contributed by atoms with van der Waals surface area (Å²) in [6.07, 6.45) is 2.56. The SMILES string of the molecule is COc1ccccc1S(=O)(=O)c1nc(C)c(C(=O)N[C@H]2CCC[C@@H]2OCc2ccccc2)s1. The molecular formula is C24H26N2O5S2. The lowest BCUT2D eigenvalue weighted by Gasteiger charge is -2.21. The molecule has 174 valence electrons. The van der Waals surface area contributed by atoms with Crippen LogP contribution in [-0.2, 0) is 21.2 Å². The van der Waals surface area contributed by atoms with Gasteiger partial charge in [0.25, 0.3) is 5.91 Å². The second-order valence-corrected chi connectivity index (χ2v) is 11.0. The first kappa shape index (κ1) is 23.4. The topological polar surface area (TPSA) is 94.6 Å². The largest absolute Gasteiger partial charge is 0.495 e. The van der Waals surface area contributed by atoms with Gasteiger partial charge in [0.2, 0.25) is 14.2 Å². The van der Waals surface area contributed by atoms with Crippen molar-refractivity contribution in [2.24, 2.45) is 0 Å². The highest BCUT2D eigenvalue weighted by Crippen LogP contribution is 2.33. The van der Waals surface area contributed by atoms with Gasteiger partial charge < -0.3 is 14.8 Å². The summed E-state index contributed by atoms with van der Waals surface area (Å²) in [6.45, 7) is 2.13. The average Bonchev–Trinajstić information content (AvgIpc) is 3.44. The van der Waals surface area contributed by atoms with Gasteiger partial charge in [-0.2, -0.15) is 0 Å². The highest BCUT2D eigenvalue weighted by molar-refractivity contribution is 7.93. The summed E-state index contributed by atoms with van der Waals surface area (Å²) in [5.74, 6) is -0.0904. The van der Waals surface area contributed by atoms with E-state index in [1.807, 2.05) is 30.3 Å². The number of aryl methyl sites for hydroxylation is 1. The summed E-state index contributed by atoms with van der Waals surface area (Å²) in [4.78, 5) is 17.5. The number of carbonyl (C=O) groups is 1. The molecule has 1 aliphatic rings. The van der Waals surface area contributed by atoms with Crippen molar-refractivity contribution < 1.29 is 22.7 Å². The molecule has 7 nitrogen and oxygen atoms in total. The van der Waals surface area contributed by atoms with Gasteiger partial charge in [-0.05, 0) is 43.9 Å². The number of sulfone groups is 1. The van der Waals surface area contributed by atoms with Crippen LogP contribution in [0.3, 0.4) is 0 Å². The number of benzene rings is 2. The van der Waals surface area contributed by atoms with Crippen molar-refractivity contribution in [3.63, 3.8) is 0 Å². The van der Waals surface area contributed by atoms with Crippen molar-refractivity contribution in [1.82, 2.24) is 10.3 Å². The maximum Gasteiger partial charge on any atom is 0.263 e. The van der Waals surface area contributed by atoms with Crippen LogP contribution in [0.2, 0.25) is 0 Å². The highest BCUT2D eigenvalue weighted by atomic mass is 32.2. The number of nitrogens with one attached hydrogen (secondary N) is 1. The second-order valence-electron chi connectivity index (χ2n) is 7.89. The quantitative estimate of drug-likeness (QED) is 0.514. The van der Waals surface area contributed by atoms with Crippen LogP contribution in [0.4, 0.5) is 0 Å². The van der Waals surface area contributed by atoms with Crippen LogP contribution < -0.4 is 10.1 Å². The van der Waals surface area contributed by atoms with E-state index in [1.54, 1.807) is 25.1 Å². The lowest BCUT2D eigenvalue weighted by atomic mass is 10.2. The van der Waals surface area contributed by atoms with Crippen LogP contribution in [0.1, 0.15) is 40.2 Å². The number of hydrogen-bond donors (Lipinski definition) is 1. The number of para-hydroxylation sites is 1. The van der Waals surface area contributed by atoms with E-state index in [-0.39, 0.29) is 37.9 Å². The summed E-state index contributed by atoms with van der Waals surface area (Å²) in [6, 6.07) is 16.2. The zero-order valence-electron chi connectivity index (χ0n) is 18.5. The van der Waals surface area contributed by atoms with E-state index < -0.39 is 9.84 Å². The molecule has 0 bridgehead atoms. The van der Waals surface area contributed by atoms with Gasteiger partial charge in [0, 0.05) is 0 Å². The predicted octanol–water partition coefficient (Wildman–Crippen LogP) is 4.16. The van der Waals surface area contributed by atoms with Crippen molar-refractivity contribution >= 4 is 27.1 Å². The van der Waals surface area contributed by atoms with Crippen molar-refractivity contribution in [2.45, 2.75) is 54.2 Å². The predicted molar refractivity (Wildman–Crippen MR) is 125 cm³/mol. The van der Waals surface area contributed by atoms with Gasteiger partial charge in [-0.1, -0.05) is 53.8 Å². The molecule has 33 heavy (non-hydrogen) atoms. The molecule has 1 saturated carbocycles. The molecule has 1 N–H and O–H groups in total. The Kier molecular flexibility index (Phi) is 7.11. The molecule has 0 radical (unpaired) electrons. The van der Waals surface area contributed by atoms with Crippen molar-refractivity contribution in [2.75, 3.05) is 7.11 Å². The Morgan fingerprint density at radius 1 is 1.12 bits per heavy atom. The number of amides is 1. The minimum atomic E-state index is -3.92. The molecule has 1 fully saturated rings. The van der Waals surface area contributed by atoms with E-state index in [9.17, 15) is 13.2 Å². The van der Waals surface area contributed by atoms with Crippen LogP contribution in [0.5, 0.6) is 5.75 Å². The molecule has 0 saturated heterocycles. The summed E-state index contributed by atoms with van der Waals surface area (Å²) < 4.78 is 37.4. The Bertz CT molecular complexity index is 1220. The average molecular weight is 487 g/mol. The Hall–Kier alpha value is -2.75. The van der Waals surface area contributed by atoms with Crippen LogP contribution in [0.15, 0.2) is 63.8 Å². The molecule has 1 aliphatic carbocycles. The first-order chi connectivity index (χ1) is 15.9. The molecule has 9 heteroatoms. The van der Waals surface area contributed by atoms with Crippen LogP contribution in [0.25, 0.3) is 0 Å². The van der Waals surface area contributed by atoms with Crippen LogP contribution in [-0.4, -0.2) is 38.6 Å². The Balaban J connectivity index is 1.48. The van der Waals surface area contributed by atoms with E-state index in [4.69, 9.17) is 9.47 Å². The minimum Gasteiger partial charge on any atom is -0.495 e. The summed E-state index contributed by atoms with van der Waals surface area (Å²) >= 11 is 0.876. The number of nitrogens with zero attached hydrogens (tertiary/aromatic N) is 1. The molecule has 1 amide bonds. The van der Waals surface area contributed by atoms with Gasteiger partial charge in [-0.25, -0.2) is 13.4 Å². The Morgan fingerprint density at radius 3 is 2.61 bits per heavy atom. The van der Waals surface area contributed by atoms with Gasteiger partial charge in [-0.15, -0.1) is 0 Å². The highest BCUT2D eigenvalue weighted by Gasteiger charge is 2.32. The summed E-state index contributed by atoms with van der Waals surface area (Å²) in [7, 11) is -2.50. The van der Waals surface area contributed by atoms with Crippen molar-refractivity contribution in [3.05, 3.63) is 70.7 Å². The van der Waals surface area contributed by atoms with Crippen molar-refractivity contribution in [1.29, 1.82) is 0 Å². The van der Waals surface area contributed by atoms with Gasteiger partial charge in [-0.3, -0.25) is 4.79 Å². The number of thiazole rings is 1. The Labute approximate surface area is 197 Å². The molecule has 4 rings (SSSR count). The number of rotatable bonds is 8. The van der Waals surface area contributed by atoms with E-state index in [1.165, 1.54) is 13.2 Å².